The van der Waals surface area contributed by atoms with Crippen molar-refractivity contribution in [3.8, 4) is 16.2 Å². The predicted octanol–water partition coefficient (Wildman–Crippen LogP) is 5.32. The van der Waals surface area contributed by atoms with Crippen molar-refractivity contribution in [2.75, 3.05) is 24.9 Å². The van der Waals surface area contributed by atoms with Gasteiger partial charge in [0.1, 0.15) is 16.1 Å². The summed E-state index contributed by atoms with van der Waals surface area (Å²) >= 11 is 1.08. The third kappa shape index (κ3) is 5.08. The lowest BCUT2D eigenvalue weighted by Gasteiger charge is -2.19. The Hall–Kier alpha value is -2.56. The highest BCUT2D eigenvalue weighted by Crippen LogP contribution is 2.39. The van der Waals surface area contributed by atoms with E-state index >= 15 is 0 Å². The van der Waals surface area contributed by atoms with Crippen LogP contribution in [0.2, 0.25) is 0 Å². The van der Waals surface area contributed by atoms with Gasteiger partial charge in [0, 0.05) is 24.0 Å². The summed E-state index contributed by atoms with van der Waals surface area (Å²) in [4.78, 5) is 2.73. The van der Waals surface area contributed by atoms with Crippen LogP contribution in [0.3, 0.4) is 0 Å². The van der Waals surface area contributed by atoms with Gasteiger partial charge in [0.05, 0.1) is 11.3 Å². The van der Waals surface area contributed by atoms with Crippen molar-refractivity contribution in [1.82, 2.24) is 4.90 Å². The third-order valence-electron chi connectivity index (χ3n) is 5.09. The second-order valence-electron chi connectivity index (χ2n) is 7.59. The van der Waals surface area contributed by atoms with E-state index in [1.807, 2.05) is 42.3 Å². The van der Waals surface area contributed by atoms with E-state index in [0.717, 1.165) is 46.5 Å². The molecule has 10 heteroatoms. The van der Waals surface area contributed by atoms with Gasteiger partial charge >= 0.3 is 6.18 Å². The number of sulfonamides is 1. The van der Waals surface area contributed by atoms with E-state index in [1.54, 1.807) is 6.07 Å². The molecule has 1 aromatic heterocycles. The maximum absolute atomic E-state index is 13.5. The largest absolute Gasteiger partial charge is 0.488 e. The summed E-state index contributed by atoms with van der Waals surface area (Å²) in [6.07, 6.45) is -4.41. The second-order valence-corrected chi connectivity index (χ2v) is 10.6. The summed E-state index contributed by atoms with van der Waals surface area (Å²) in [5.74, 6) is -0.380. The molecular formula is C22H21F3N2O3S2. The molecule has 2 aromatic carbocycles. The van der Waals surface area contributed by atoms with E-state index in [2.05, 4.69) is 4.72 Å². The Kier molecular flexibility index (Phi) is 6.19. The van der Waals surface area contributed by atoms with E-state index in [-0.39, 0.29) is 15.6 Å². The first-order valence-corrected chi connectivity index (χ1v) is 12.2. The fourth-order valence-electron chi connectivity index (χ4n) is 3.52. The Balaban J connectivity index is 1.59. The van der Waals surface area contributed by atoms with Crippen LogP contribution in [0.25, 0.3) is 10.4 Å². The van der Waals surface area contributed by atoms with Crippen LogP contribution in [0.5, 0.6) is 5.75 Å². The topological polar surface area (TPSA) is 58.6 Å². The summed E-state index contributed by atoms with van der Waals surface area (Å²) in [6.45, 7) is 1.23. The molecule has 1 saturated heterocycles. The van der Waals surface area contributed by atoms with Crippen LogP contribution in [0.15, 0.2) is 64.9 Å². The van der Waals surface area contributed by atoms with Gasteiger partial charge in [-0.05, 0) is 43.3 Å². The highest BCUT2D eigenvalue weighted by molar-refractivity contribution is 7.94. The van der Waals surface area contributed by atoms with Crippen LogP contribution in [0.1, 0.15) is 12.0 Å². The first-order chi connectivity index (χ1) is 15.1. The van der Waals surface area contributed by atoms with Gasteiger partial charge in [-0.1, -0.05) is 30.3 Å². The number of halogens is 3. The Bertz CT molecular complexity index is 1190. The average Bonchev–Trinajstić information content (AvgIpc) is 3.37. The number of likely N-dealkylation sites (tertiary alicyclic amines) is 1. The molecule has 1 N–H and O–H groups in total. The van der Waals surface area contributed by atoms with Gasteiger partial charge in [0.2, 0.25) is 0 Å². The first-order valence-electron chi connectivity index (χ1n) is 9.86. The number of nitrogens with one attached hydrogen (secondary N) is 1. The molecule has 170 valence electrons. The van der Waals surface area contributed by atoms with E-state index < -0.39 is 27.9 Å². The number of hydrogen-bond acceptors (Lipinski definition) is 5. The van der Waals surface area contributed by atoms with Gasteiger partial charge in [0.25, 0.3) is 10.0 Å². The molecule has 0 spiro atoms. The molecule has 1 fully saturated rings. The predicted molar refractivity (Wildman–Crippen MR) is 119 cm³/mol. The number of benzene rings is 2. The second kappa shape index (κ2) is 8.76. The van der Waals surface area contributed by atoms with Crippen molar-refractivity contribution in [3.05, 3.63) is 66.2 Å². The molecule has 1 aliphatic heterocycles. The third-order valence-corrected chi connectivity index (χ3v) is 8.09. The van der Waals surface area contributed by atoms with E-state index in [0.29, 0.717) is 13.0 Å². The van der Waals surface area contributed by atoms with Crippen LogP contribution in [0.4, 0.5) is 18.9 Å². The monoisotopic (exact) mass is 482 g/mol. The van der Waals surface area contributed by atoms with Crippen molar-refractivity contribution in [2.45, 2.75) is 22.9 Å². The molecule has 0 radical (unpaired) electrons. The minimum absolute atomic E-state index is 0.00835. The number of alkyl halides is 3. The zero-order valence-corrected chi connectivity index (χ0v) is 18.7. The molecule has 0 aliphatic carbocycles. The highest BCUT2D eigenvalue weighted by atomic mass is 32.2. The maximum Gasteiger partial charge on any atom is 0.419 e. The molecule has 3 aromatic rings. The molecule has 32 heavy (non-hydrogen) atoms. The molecule has 0 saturated carbocycles. The zero-order valence-electron chi connectivity index (χ0n) is 17.1. The minimum Gasteiger partial charge on any atom is -0.488 e. The highest BCUT2D eigenvalue weighted by Gasteiger charge is 2.36. The number of hydrogen-bond donors (Lipinski definition) is 1. The SMILES string of the molecule is CN1CC[C@@H](Oc2cc(NS(=O)(=O)c3ccc(-c4ccccc4)s3)ccc2C(F)(F)F)C1. The van der Waals surface area contributed by atoms with E-state index in [4.69, 9.17) is 4.74 Å². The number of nitrogens with zero attached hydrogens (tertiary/aromatic N) is 1. The molecule has 0 amide bonds. The van der Waals surface area contributed by atoms with Crippen LogP contribution in [-0.2, 0) is 16.2 Å². The van der Waals surface area contributed by atoms with Gasteiger partial charge < -0.3 is 9.64 Å². The molecule has 2 heterocycles. The fourth-order valence-corrected chi connectivity index (χ4v) is 5.88. The van der Waals surface area contributed by atoms with Gasteiger partial charge in [-0.25, -0.2) is 8.42 Å². The lowest BCUT2D eigenvalue weighted by Crippen LogP contribution is -2.23. The normalized spacial score (nSPS) is 17.4. The average molecular weight is 483 g/mol. The zero-order chi connectivity index (χ0) is 22.9. The Morgan fingerprint density at radius 2 is 1.84 bits per heavy atom. The van der Waals surface area contributed by atoms with Crippen molar-refractivity contribution >= 4 is 27.0 Å². The molecule has 1 atom stereocenters. The summed E-state index contributed by atoms with van der Waals surface area (Å²) in [5, 5.41) is 0. The Morgan fingerprint density at radius 1 is 1.09 bits per heavy atom. The van der Waals surface area contributed by atoms with Gasteiger partial charge in [-0.3, -0.25) is 4.72 Å². The first kappa shape index (κ1) is 22.6. The quantitative estimate of drug-likeness (QED) is 0.517. The van der Waals surface area contributed by atoms with E-state index in [1.165, 1.54) is 6.07 Å². The molecule has 5 nitrogen and oxygen atoms in total. The molecular weight excluding hydrogens is 461 g/mol. The van der Waals surface area contributed by atoms with Crippen LogP contribution in [0, 0.1) is 0 Å². The number of likely N-dealkylation sites (N-methyl/N-ethyl adjacent to an activating group) is 1. The van der Waals surface area contributed by atoms with Gasteiger partial charge in [0.15, 0.2) is 0 Å². The standard InChI is InChI=1S/C22H21F3N2O3S2/c1-27-12-11-17(14-27)30-19-13-16(7-8-18(19)22(23,24)25)26-32(28,29)21-10-9-20(31-21)15-5-3-2-4-6-15/h2-10,13,17,26H,11-12,14H2,1H3/t17-/m1/s1. The van der Waals surface area contributed by atoms with Crippen LogP contribution >= 0.6 is 11.3 Å². The maximum atomic E-state index is 13.5. The molecule has 1 aliphatic rings. The number of rotatable bonds is 6. The molecule has 0 unspecified atom stereocenters. The van der Waals surface area contributed by atoms with Crippen LogP contribution < -0.4 is 9.46 Å². The van der Waals surface area contributed by atoms with Gasteiger partial charge in [-0.15, -0.1) is 11.3 Å². The number of anilines is 1. The minimum atomic E-state index is -4.62. The van der Waals surface area contributed by atoms with Gasteiger partial charge in [-0.2, -0.15) is 13.2 Å². The lowest BCUT2D eigenvalue weighted by molar-refractivity contribution is -0.139. The van der Waals surface area contributed by atoms with Crippen molar-refractivity contribution in [1.29, 1.82) is 0 Å². The van der Waals surface area contributed by atoms with Crippen molar-refractivity contribution in [3.63, 3.8) is 0 Å². The summed E-state index contributed by atoms with van der Waals surface area (Å²) < 4.78 is 74.2. The van der Waals surface area contributed by atoms with E-state index in [9.17, 15) is 21.6 Å². The lowest BCUT2D eigenvalue weighted by atomic mass is 10.1. The fraction of sp³-hybridized carbons (Fsp3) is 0.273. The molecule has 0 bridgehead atoms. The summed E-state index contributed by atoms with van der Waals surface area (Å²) in [5.41, 5.74) is -0.0443. The number of ether oxygens (including phenoxy) is 1. The van der Waals surface area contributed by atoms with Crippen molar-refractivity contribution < 1.29 is 26.3 Å². The smallest absolute Gasteiger partial charge is 0.419 e. The Morgan fingerprint density at radius 3 is 2.50 bits per heavy atom. The summed E-state index contributed by atoms with van der Waals surface area (Å²) in [7, 11) is -2.11. The summed E-state index contributed by atoms with van der Waals surface area (Å²) in [6, 6.07) is 15.5. The Labute approximate surface area is 188 Å². The van der Waals surface area contributed by atoms with Crippen molar-refractivity contribution in [2.24, 2.45) is 0 Å². The molecule has 4 rings (SSSR count). The van der Waals surface area contributed by atoms with Crippen LogP contribution in [-0.4, -0.2) is 39.6 Å². The number of thiophene rings is 1.